The van der Waals surface area contributed by atoms with Crippen LogP contribution in [0.4, 0.5) is 0 Å². The second-order valence-corrected chi connectivity index (χ2v) is 4.39. The van der Waals surface area contributed by atoms with Gasteiger partial charge in [-0.05, 0) is 36.5 Å². The van der Waals surface area contributed by atoms with E-state index in [1.807, 2.05) is 6.07 Å². The summed E-state index contributed by atoms with van der Waals surface area (Å²) in [5.74, 6) is 1.03. The molecule has 2 heterocycles. The van der Waals surface area contributed by atoms with Gasteiger partial charge in [0.05, 0.1) is 12.8 Å². The number of nitrogens with one attached hydrogen (secondary N) is 1. The predicted molar refractivity (Wildman–Crippen MR) is 64.1 cm³/mol. The molecule has 0 bridgehead atoms. The fourth-order valence-electron chi connectivity index (χ4n) is 1.57. The first-order valence-corrected chi connectivity index (χ1v) is 6.02. The van der Waals surface area contributed by atoms with Crippen LogP contribution in [-0.2, 0) is 6.54 Å². The molecule has 0 fully saturated rings. The van der Waals surface area contributed by atoms with Gasteiger partial charge >= 0.3 is 0 Å². The third-order valence-electron chi connectivity index (χ3n) is 2.39. The fourth-order valence-corrected chi connectivity index (χ4v) is 2.54. The summed E-state index contributed by atoms with van der Waals surface area (Å²) < 4.78 is 5.49. The van der Waals surface area contributed by atoms with Crippen LogP contribution in [0.25, 0.3) is 10.4 Å². The normalized spacial score (nSPS) is 10.8. The largest absolute Gasteiger partial charge is 0.467 e. The maximum absolute atomic E-state index is 5.49. The van der Waals surface area contributed by atoms with Crippen LogP contribution in [-0.4, -0.2) is 6.54 Å². The van der Waals surface area contributed by atoms with Crippen molar-refractivity contribution in [2.45, 2.75) is 20.4 Å². The van der Waals surface area contributed by atoms with Crippen LogP contribution in [0.5, 0.6) is 0 Å². The highest BCUT2D eigenvalue weighted by Crippen LogP contribution is 2.32. The van der Waals surface area contributed by atoms with Crippen LogP contribution < -0.4 is 5.32 Å². The van der Waals surface area contributed by atoms with Gasteiger partial charge in [0, 0.05) is 10.4 Å². The van der Waals surface area contributed by atoms with Gasteiger partial charge < -0.3 is 9.73 Å². The molecular weight excluding hydrogens is 206 g/mol. The number of furan rings is 1. The van der Waals surface area contributed by atoms with E-state index >= 15 is 0 Å². The highest BCUT2D eigenvalue weighted by Gasteiger charge is 2.11. The maximum Gasteiger partial charge on any atom is 0.126 e. The van der Waals surface area contributed by atoms with Crippen molar-refractivity contribution in [3.05, 3.63) is 35.1 Å². The molecule has 2 rings (SSSR count). The summed E-state index contributed by atoms with van der Waals surface area (Å²) in [6.45, 7) is 5.99. The van der Waals surface area contributed by atoms with Crippen LogP contribution >= 0.6 is 11.3 Å². The minimum atomic E-state index is 0.802. The van der Waals surface area contributed by atoms with Crippen LogP contribution in [0.15, 0.2) is 28.2 Å². The molecule has 0 amide bonds. The number of hydrogen-bond acceptors (Lipinski definition) is 3. The topological polar surface area (TPSA) is 25.2 Å². The monoisotopic (exact) mass is 221 g/mol. The Bertz CT molecular complexity index is 430. The summed E-state index contributed by atoms with van der Waals surface area (Å²) in [6.07, 6.45) is 1.77. The molecule has 0 radical (unpaired) electrons. The molecule has 2 aromatic rings. The zero-order valence-corrected chi connectivity index (χ0v) is 9.86. The second kappa shape index (κ2) is 4.64. The van der Waals surface area contributed by atoms with E-state index in [-0.39, 0.29) is 0 Å². The third-order valence-corrected chi connectivity index (χ3v) is 3.44. The van der Waals surface area contributed by atoms with E-state index in [0.29, 0.717) is 0 Å². The lowest BCUT2D eigenvalue weighted by Gasteiger charge is -2.02. The maximum atomic E-state index is 5.49. The van der Waals surface area contributed by atoms with E-state index < -0.39 is 0 Å². The van der Waals surface area contributed by atoms with E-state index in [4.69, 9.17) is 4.42 Å². The van der Waals surface area contributed by atoms with Gasteiger partial charge in [0.15, 0.2) is 0 Å². The Labute approximate surface area is 93.9 Å². The smallest absolute Gasteiger partial charge is 0.126 e. The van der Waals surface area contributed by atoms with Crippen molar-refractivity contribution in [3.8, 4) is 10.4 Å². The minimum Gasteiger partial charge on any atom is -0.467 e. The number of thiophene rings is 1. The fraction of sp³-hybridized carbons (Fsp3) is 0.333. The molecule has 2 aromatic heterocycles. The molecule has 0 aliphatic heterocycles. The number of hydrogen-bond donors (Lipinski definition) is 1. The molecule has 0 aliphatic rings. The van der Waals surface area contributed by atoms with Gasteiger partial charge in [-0.2, -0.15) is 0 Å². The van der Waals surface area contributed by atoms with Crippen molar-refractivity contribution in [2.24, 2.45) is 0 Å². The minimum absolute atomic E-state index is 0.802. The summed E-state index contributed by atoms with van der Waals surface area (Å²) >= 11 is 1.77. The lowest BCUT2D eigenvalue weighted by molar-refractivity contribution is 0.489. The molecule has 0 atom stereocenters. The molecule has 3 heteroatoms. The molecular formula is C12H15NOS. The van der Waals surface area contributed by atoms with Crippen LogP contribution in [0.3, 0.4) is 0 Å². The summed E-state index contributed by atoms with van der Waals surface area (Å²) in [5, 5.41) is 5.40. The molecule has 0 unspecified atom stereocenters. The van der Waals surface area contributed by atoms with Gasteiger partial charge in [-0.25, -0.2) is 0 Å². The summed E-state index contributed by atoms with van der Waals surface area (Å²) in [7, 11) is 0. The molecule has 0 spiro atoms. The summed E-state index contributed by atoms with van der Waals surface area (Å²) in [5.41, 5.74) is 2.54. The first-order chi connectivity index (χ1) is 7.33. The van der Waals surface area contributed by atoms with Crippen molar-refractivity contribution in [1.29, 1.82) is 0 Å². The first kappa shape index (κ1) is 10.5. The van der Waals surface area contributed by atoms with Gasteiger partial charge in [0.2, 0.25) is 0 Å². The number of rotatable bonds is 4. The first-order valence-electron chi connectivity index (χ1n) is 5.14. The Morgan fingerprint density at radius 1 is 1.40 bits per heavy atom. The molecule has 2 nitrogen and oxygen atoms in total. The molecule has 0 saturated carbocycles. The van der Waals surface area contributed by atoms with Gasteiger partial charge in [0.1, 0.15) is 5.76 Å². The van der Waals surface area contributed by atoms with Crippen molar-refractivity contribution in [3.63, 3.8) is 0 Å². The van der Waals surface area contributed by atoms with Crippen molar-refractivity contribution >= 4 is 11.3 Å². The van der Waals surface area contributed by atoms with E-state index in [0.717, 1.165) is 18.8 Å². The quantitative estimate of drug-likeness (QED) is 0.855. The lowest BCUT2D eigenvalue weighted by atomic mass is 10.1. The van der Waals surface area contributed by atoms with E-state index in [1.165, 1.54) is 16.0 Å². The molecule has 15 heavy (non-hydrogen) atoms. The molecule has 0 aliphatic carbocycles. The molecule has 0 aromatic carbocycles. The van der Waals surface area contributed by atoms with E-state index in [1.54, 1.807) is 17.6 Å². The zero-order valence-electron chi connectivity index (χ0n) is 9.04. The van der Waals surface area contributed by atoms with E-state index in [9.17, 15) is 0 Å². The van der Waals surface area contributed by atoms with Crippen LogP contribution in [0.1, 0.15) is 18.2 Å². The Kier molecular flexibility index (Phi) is 3.23. The highest BCUT2D eigenvalue weighted by molar-refractivity contribution is 7.13. The predicted octanol–water partition coefficient (Wildman–Crippen LogP) is 3.43. The molecule has 80 valence electrons. The van der Waals surface area contributed by atoms with Gasteiger partial charge in [0.25, 0.3) is 0 Å². The summed E-state index contributed by atoms with van der Waals surface area (Å²) in [4.78, 5) is 1.32. The van der Waals surface area contributed by atoms with Gasteiger partial charge in [-0.15, -0.1) is 11.3 Å². The van der Waals surface area contributed by atoms with Crippen molar-refractivity contribution < 1.29 is 4.42 Å². The highest BCUT2D eigenvalue weighted by atomic mass is 32.1. The SMILES string of the molecule is CCNCc1occc1-c1sccc1C. The zero-order chi connectivity index (χ0) is 10.7. The van der Waals surface area contributed by atoms with Gasteiger partial charge in [-0.3, -0.25) is 0 Å². The third kappa shape index (κ3) is 2.13. The lowest BCUT2D eigenvalue weighted by Crippen LogP contribution is -2.11. The van der Waals surface area contributed by atoms with Crippen molar-refractivity contribution in [1.82, 2.24) is 5.32 Å². The van der Waals surface area contributed by atoms with Crippen LogP contribution in [0, 0.1) is 6.92 Å². The Morgan fingerprint density at radius 2 is 2.27 bits per heavy atom. The van der Waals surface area contributed by atoms with E-state index in [2.05, 4.69) is 30.6 Å². The van der Waals surface area contributed by atoms with Crippen LogP contribution in [0.2, 0.25) is 0 Å². The Balaban J connectivity index is 2.29. The molecule has 0 saturated heterocycles. The number of aryl methyl sites for hydroxylation is 1. The Morgan fingerprint density at radius 3 is 2.93 bits per heavy atom. The standard InChI is InChI=1S/C12H15NOS/c1-3-13-8-11-10(4-6-14-11)12-9(2)5-7-15-12/h4-7,13H,3,8H2,1-2H3. The average Bonchev–Trinajstić information content (AvgIpc) is 2.82. The summed E-state index contributed by atoms with van der Waals surface area (Å²) in [6, 6.07) is 4.19. The second-order valence-electron chi connectivity index (χ2n) is 3.47. The molecule has 1 N–H and O–H groups in total. The Hall–Kier alpha value is -1.06. The van der Waals surface area contributed by atoms with Gasteiger partial charge in [-0.1, -0.05) is 6.92 Å². The average molecular weight is 221 g/mol. The van der Waals surface area contributed by atoms with Crippen molar-refractivity contribution in [2.75, 3.05) is 6.54 Å².